The normalized spacial score (nSPS) is 11.5. The maximum absolute atomic E-state index is 13.3. The third-order valence-corrected chi connectivity index (χ3v) is 4.39. The van der Waals surface area contributed by atoms with E-state index in [1.54, 1.807) is 30.7 Å². The number of halogens is 4. The van der Waals surface area contributed by atoms with E-state index in [2.05, 4.69) is 25.3 Å². The molecule has 0 aliphatic rings. The fourth-order valence-corrected chi connectivity index (χ4v) is 2.87. The number of aromatic amines is 1. The van der Waals surface area contributed by atoms with E-state index < -0.39 is 11.7 Å². The van der Waals surface area contributed by atoms with E-state index >= 15 is 0 Å². The van der Waals surface area contributed by atoms with Crippen molar-refractivity contribution in [1.29, 1.82) is 0 Å². The Kier molecular flexibility index (Phi) is 5.18. The standard InChI is InChI=1S/C21H15F4N5/c22-16-7-3-14(4-8-16)18-17(19-26-9-10-27-19)12-29-20(30-18)28-11-13-1-5-15(6-2-13)21(23,24)25/h1-10,12H,11H2,(H,26,27)(H,28,29,30). The Morgan fingerprint density at radius 2 is 1.67 bits per heavy atom. The zero-order valence-corrected chi connectivity index (χ0v) is 15.4. The number of benzene rings is 2. The molecule has 0 fully saturated rings. The second-order valence-electron chi connectivity index (χ2n) is 6.45. The Balaban J connectivity index is 1.60. The highest BCUT2D eigenvalue weighted by Crippen LogP contribution is 2.30. The van der Waals surface area contributed by atoms with E-state index in [1.807, 2.05) is 0 Å². The van der Waals surface area contributed by atoms with Gasteiger partial charge in [-0.05, 0) is 42.0 Å². The van der Waals surface area contributed by atoms with Gasteiger partial charge in [0.05, 0.1) is 16.8 Å². The molecule has 0 aliphatic carbocycles. The zero-order valence-electron chi connectivity index (χ0n) is 15.4. The summed E-state index contributed by atoms with van der Waals surface area (Å²) >= 11 is 0. The quantitative estimate of drug-likeness (QED) is 0.436. The summed E-state index contributed by atoms with van der Waals surface area (Å²) in [6.07, 6.45) is 0.474. The minimum Gasteiger partial charge on any atom is -0.350 e. The van der Waals surface area contributed by atoms with E-state index in [9.17, 15) is 17.6 Å². The second kappa shape index (κ2) is 7.94. The SMILES string of the molecule is Fc1ccc(-c2nc(NCc3ccc(C(F)(F)F)cc3)ncc2-c2ncc[nH]2)cc1. The van der Waals surface area contributed by atoms with Crippen LogP contribution in [0.4, 0.5) is 23.5 Å². The first-order valence-corrected chi connectivity index (χ1v) is 8.93. The molecule has 0 radical (unpaired) electrons. The van der Waals surface area contributed by atoms with Gasteiger partial charge in [-0.25, -0.2) is 19.3 Å². The Hall–Kier alpha value is -3.75. The molecule has 152 valence electrons. The molecular formula is C21H15F4N5. The lowest BCUT2D eigenvalue weighted by Gasteiger charge is -2.11. The monoisotopic (exact) mass is 413 g/mol. The lowest BCUT2D eigenvalue weighted by Crippen LogP contribution is -2.07. The summed E-state index contributed by atoms with van der Waals surface area (Å²) in [6.45, 7) is 0.237. The molecule has 0 saturated carbocycles. The van der Waals surface area contributed by atoms with Gasteiger partial charge in [0.15, 0.2) is 0 Å². The molecule has 9 heteroatoms. The van der Waals surface area contributed by atoms with Crippen LogP contribution in [0.5, 0.6) is 0 Å². The van der Waals surface area contributed by atoms with Crippen LogP contribution in [0.25, 0.3) is 22.6 Å². The second-order valence-corrected chi connectivity index (χ2v) is 6.45. The van der Waals surface area contributed by atoms with Crippen LogP contribution in [0.15, 0.2) is 67.1 Å². The van der Waals surface area contributed by atoms with Crippen molar-refractivity contribution >= 4 is 5.95 Å². The molecule has 4 rings (SSSR count). The van der Waals surface area contributed by atoms with E-state index in [0.717, 1.165) is 12.1 Å². The third kappa shape index (κ3) is 4.29. The molecule has 0 atom stereocenters. The Morgan fingerprint density at radius 1 is 0.933 bits per heavy atom. The minimum atomic E-state index is -4.37. The van der Waals surface area contributed by atoms with Gasteiger partial charge in [-0.3, -0.25) is 0 Å². The number of aromatic nitrogens is 4. The van der Waals surface area contributed by atoms with Crippen molar-refractivity contribution in [1.82, 2.24) is 19.9 Å². The van der Waals surface area contributed by atoms with Gasteiger partial charge in [0, 0.05) is 30.7 Å². The lowest BCUT2D eigenvalue weighted by molar-refractivity contribution is -0.137. The topological polar surface area (TPSA) is 66.5 Å². The molecule has 0 saturated heterocycles. The van der Waals surface area contributed by atoms with Crippen LogP contribution < -0.4 is 5.32 Å². The van der Waals surface area contributed by atoms with Crippen LogP contribution in [0.3, 0.4) is 0 Å². The molecule has 2 N–H and O–H groups in total. The highest BCUT2D eigenvalue weighted by atomic mass is 19.4. The van der Waals surface area contributed by atoms with Gasteiger partial charge in [0.25, 0.3) is 0 Å². The van der Waals surface area contributed by atoms with Gasteiger partial charge < -0.3 is 10.3 Å². The smallest absolute Gasteiger partial charge is 0.350 e. The molecule has 0 unspecified atom stereocenters. The maximum atomic E-state index is 13.3. The summed E-state index contributed by atoms with van der Waals surface area (Å²) in [6, 6.07) is 10.7. The number of nitrogens with one attached hydrogen (secondary N) is 2. The van der Waals surface area contributed by atoms with Crippen molar-refractivity contribution in [2.24, 2.45) is 0 Å². The van der Waals surface area contributed by atoms with Crippen LogP contribution in [0.2, 0.25) is 0 Å². The van der Waals surface area contributed by atoms with E-state index in [4.69, 9.17) is 0 Å². The average molecular weight is 413 g/mol. The molecule has 30 heavy (non-hydrogen) atoms. The number of rotatable bonds is 5. The molecule has 4 aromatic rings. The molecule has 0 amide bonds. The molecular weight excluding hydrogens is 398 g/mol. The molecule has 2 aromatic carbocycles. The number of anilines is 1. The van der Waals surface area contributed by atoms with Crippen LogP contribution >= 0.6 is 0 Å². The van der Waals surface area contributed by atoms with Crippen molar-refractivity contribution in [3.05, 3.63) is 84.1 Å². The zero-order chi connectivity index (χ0) is 21.1. The van der Waals surface area contributed by atoms with Crippen molar-refractivity contribution in [3.63, 3.8) is 0 Å². The first kappa shape index (κ1) is 19.6. The Morgan fingerprint density at radius 3 is 2.30 bits per heavy atom. The summed E-state index contributed by atoms with van der Waals surface area (Å²) < 4.78 is 51.4. The summed E-state index contributed by atoms with van der Waals surface area (Å²) in [7, 11) is 0. The molecule has 5 nitrogen and oxygen atoms in total. The predicted octanol–water partition coefficient (Wildman–Crippen LogP) is 5.30. The number of hydrogen-bond acceptors (Lipinski definition) is 4. The fourth-order valence-electron chi connectivity index (χ4n) is 2.87. The first-order valence-electron chi connectivity index (χ1n) is 8.93. The highest BCUT2D eigenvalue weighted by Gasteiger charge is 2.29. The van der Waals surface area contributed by atoms with E-state index in [1.165, 1.54) is 24.3 Å². The number of alkyl halides is 3. The van der Waals surface area contributed by atoms with E-state index in [-0.39, 0.29) is 18.3 Å². The fraction of sp³-hybridized carbons (Fsp3) is 0.0952. The Labute approximate surface area is 168 Å². The van der Waals surface area contributed by atoms with E-state index in [0.29, 0.717) is 28.2 Å². The largest absolute Gasteiger partial charge is 0.416 e. The van der Waals surface area contributed by atoms with Crippen LogP contribution in [0, 0.1) is 5.82 Å². The van der Waals surface area contributed by atoms with Crippen molar-refractivity contribution in [2.75, 3.05) is 5.32 Å². The van der Waals surface area contributed by atoms with Crippen LogP contribution in [-0.2, 0) is 12.7 Å². The number of nitrogens with zero attached hydrogens (tertiary/aromatic N) is 3. The van der Waals surface area contributed by atoms with Crippen LogP contribution in [0.1, 0.15) is 11.1 Å². The lowest BCUT2D eigenvalue weighted by atomic mass is 10.1. The van der Waals surface area contributed by atoms with Gasteiger partial charge in [0.1, 0.15) is 11.6 Å². The minimum absolute atomic E-state index is 0.237. The molecule has 0 spiro atoms. The van der Waals surface area contributed by atoms with Crippen molar-refractivity contribution in [2.45, 2.75) is 12.7 Å². The highest BCUT2D eigenvalue weighted by molar-refractivity contribution is 5.77. The third-order valence-electron chi connectivity index (χ3n) is 4.39. The summed E-state index contributed by atoms with van der Waals surface area (Å²) in [5.41, 5.74) is 1.78. The van der Waals surface area contributed by atoms with Gasteiger partial charge in [-0.15, -0.1) is 0 Å². The molecule has 2 heterocycles. The predicted molar refractivity (Wildman–Crippen MR) is 104 cm³/mol. The molecule has 0 bridgehead atoms. The maximum Gasteiger partial charge on any atom is 0.416 e. The van der Waals surface area contributed by atoms with Gasteiger partial charge in [0.2, 0.25) is 5.95 Å². The number of imidazole rings is 1. The van der Waals surface area contributed by atoms with Gasteiger partial charge in [-0.1, -0.05) is 12.1 Å². The number of hydrogen-bond donors (Lipinski definition) is 2. The summed E-state index contributed by atoms with van der Waals surface area (Å²) in [5.74, 6) is 0.473. The molecule has 0 aliphatic heterocycles. The van der Waals surface area contributed by atoms with Crippen molar-refractivity contribution < 1.29 is 17.6 Å². The molecule has 2 aromatic heterocycles. The Bertz CT molecular complexity index is 1120. The first-order chi connectivity index (χ1) is 14.4. The van der Waals surface area contributed by atoms with Gasteiger partial charge >= 0.3 is 6.18 Å². The summed E-state index contributed by atoms with van der Waals surface area (Å²) in [5, 5.41) is 3.01. The van der Waals surface area contributed by atoms with Gasteiger partial charge in [-0.2, -0.15) is 13.2 Å². The average Bonchev–Trinajstić information content (AvgIpc) is 3.27. The summed E-state index contributed by atoms with van der Waals surface area (Å²) in [4.78, 5) is 16.0. The number of H-pyrrole nitrogens is 1. The van der Waals surface area contributed by atoms with Crippen LogP contribution in [-0.4, -0.2) is 19.9 Å². The van der Waals surface area contributed by atoms with Crippen molar-refractivity contribution in [3.8, 4) is 22.6 Å².